The zero-order chi connectivity index (χ0) is 15.4. The Balaban J connectivity index is 1.98. The van der Waals surface area contributed by atoms with Crippen LogP contribution >= 0.6 is 11.8 Å². The molecule has 4 nitrogen and oxygen atoms in total. The van der Waals surface area contributed by atoms with Crippen molar-refractivity contribution in [3.8, 4) is 0 Å². The first-order chi connectivity index (χ1) is 9.94. The first-order valence-electron chi connectivity index (χ1n) is 7.11. The van der Waals surface area contributed by atoms with E-state index in [0.29, 0.717) is 19.5 Å². The summed E-state index contributed by atoms with van der Waals surface area (Å²) < 4.78 is 0. The van der Waals surface area contributed by atoms with Crippen molar-refractivity contribution < 1.29 is 9.59 Å². The van der Waals surface area contributed by atoms with Crippen LogP contribution in [0.3, 0.4) is 0 Å². The van der Waals surface area contributed by atoms with Crippen LogP contribution in [0.15, 0.2) is 24.3 Å². The van der Waals surface area contributed by atoms with Crippen LogP contribution < -0.4 is 0 Å². The van der Waals surface area contributed by atoms with E-state index in [4.69, 9.17) is 0 Å². The lowest BCUT2D eigenvalue weighted by molar-refractivity contribution is -0.128. The van der Waals surface area contributed by atoms with E-state index in [1.807, 2.05) is 25.1 Å². The lowest BCUT2D eigenvalue weighted by atomic mass is 10.1. The molecule has 5 heteroatoms. The Hall–Kier alpha value is -1.33. The van der Waals surface area contributed by atoms with Crippen LogP contribution in [-0.2, 0) is 22.7 Å². The van der Waals surface area contributed by atoms with Gasteiger partial charge in [-0.1, -0.05) is 36.0 Å². The number of benzene rings is 1. The van der Waals surface area contributed by atoms with Crippen LogP contribution in [-0.4, -0.2) is 46.7 Å². The molecule has 0 N–H and O–H groups in total. The van der Waals surface area contributed by atoms with Gasteiger partial charge in [-0.25, -0.2) is 0 Å². The average Bonchev–Trinajstić information content (AvgIpc) is 2.68. The largest absolute Gasteiger partial charge is 0.337 e. The third-order valence-corrected chi connectivity index (χ3v) is 4.36. The maximum absolute atomic E-state index is 12.0. The first-order valence-corrected chi connectivity index (χ1v) is 7.99. The van der Waals surface area contributed by atoms with Crippen molar-refractivity contribution in [3.05, 3.63) is 35.4 Å². The van der Waals surface area contributed by atoms with Crippen molar-refractivity contribution >= 4 is 22.8 Å². The number of carbonyl (C=O) groups is 2. The molecule has 1 unspecified atom stereocenters. The summed E-state index contributed by atoms with van der Waals surface area (Å²) in [6, 6.07) is 8.34. The monoisotopic (exact) mass is 306 g/mol. The lowest BCUT2D eigenvalue weighted by Crippen LogP contribution is -2.25. The number of hydrogen-bond acceptors (Lipinski definition) is 4. The van der Waals surface area contributed by atoms with E-state index in [1.165, 1.54) is 17.3 Å². The Morgan fingerprint density at radius 3 is 2.76 bits per heavy atom. The zero-order valence-corrected chi connectivity index (χ0v) is 13.7. The van der Waals surface area contributed by atoms with Gasteiger partial charge in [-0.2, -0.15) is 0 Å². The van der Waals surface area contributed by atoms with E-state index in [-0.39, 0.29) is 16.3 Å². The summed E-state index contributed by atoms with van der Waals surface area (Å²) in [5.41, 5.74) is 2.40. The summed E-state index contributed by atoms with van der Waals surface area (Å²) in [5.74, 6) is 0.145. The third kappa shape index (κ3) is 4.86. The predicted molar refractivity (Wildman–Crippen MR) is 85.9 cm³/mol. The molecule has 0 spiro atoms. The number of rotatable bonds is 5. The number of hydrogen-bond donors (Lipinski definition) is 0. The van der Waals surface area contributed by atoms with E-state index >= 15 is 0 Å². The zero-order valence-electron chi connectivity index (χ0n) is 12.8. The highest BCUT2D eigenvalue weighted by Gasteiger charge is 2.30. The van der Waals surface area contributed by atoms with Gasteiger partial charge in [0.05, 0.1) is 0 Å². The molecular formula is C16H22N2O2S. The number of thioether (sulfide) groups is 1. The van der Waals surface area contributed by atoms with Crippen LogP contribution in [0.25, 0.3) is 0 Å². The normalized spacial score (nSPS) is 18.6. The van der Waals surface area contributed by atoms with Crippen molar-refractivity contribution in [2.45, 2.75) is 31.7 Å². The van der Waals surface area contributed by atoms with Gasteiger partial charge in [-0.3, -0.25) is 9.59 Å². The smallest absolute Gasteiger partial charge is 0.224 e. The Labute approximate surface area is 130 Å². The van der Waals surface area contributed by atoms with E-state index in [2.05, 4.69) is 23.1 Å². The average molecular weight is 306 g/mol. The lowest BCUT2D eigenvalue weighted by Gasteiger charge is -2.17. The topological polar surface area (TPSA) is 40.6 Å². The summed E-state index contributed by atoms with van der Waals surface area (Å²) in [7, 11) is 4.08. The van der Waals surface area contributed by atoms with Gasteiger partial charge in [0.1, 0.15) is 0 Å². The standard InChI is InChI=1S/C16H22N2O2S/c1-12(19)21-15-8-16(20)18(11-15)10-14-6-4-5-13(7-14)9-17(2)3/h4-7,15H,8-11H2,1-3H3. The molecule has 1 saturated heterocycles. The van der Waals surface area contributed by atoms with Gasteiger partial charge >= 0.3 is 0 Å². The molecule has 1 fully saturated rings. The van der Waals surface area contributed by atoms with Crippen LogP contribution in [0.2, 0.25) is 0 Å². The summed E-state index contributed by atoms with van der Waals surface area (Å²) in [6.07, 6.45) is 0.474. The molecule has 21 heavy (non-hydrogen) atoms. The van der Waals surface area contributed by atoms with Gasteiger partial charge in [-0.05, 0) is 25.2 Å². The minimum atomic E-state index is 0.0858. The summed E-state index contributed by atoms with van der Waals surface area (Å²) in [6.45, 7) is 3.75. The number of nitrogens with zero attached hydrogens (tertiary/aromatic N) is 2. The van der Waals surface area contributed by atoms with E-state index in [9.17, 15) is 9.59 Å². The molecular weight excluding hydrogens is 284 g/mol. The fourth-order valence-electron chi connectivity index (χ4n) is 2.61. The molecule has 1 atom stereocenters. The maximum atomic E-state index is 12.0. The van der Waals surface area contributed by atoms with Crippen molar-refractivity contribution in [1.82, 2.24) is 9.80 Å². The second-order valence-corrected chi connectivity index (χ2v) is 7.24. The molecule has 0 aliphatic carbocycles. The molecule has 2 rings (SSSR count). The van der Waals surface area contributed by atoms with Gasteiger partial charge in [0.25, 0.3) is 0 Å². The van der Waals surface area contributed by atoms with Crippen LogP contribution in [0, 0.1) is 0 Å². The molecule has 0 saturated carbocycles. The third-order valence-electron chi connectivity index (χ3n) is 3.38. The van der Waals surface area contributed by atoms with Gasteiger partial charge in [-0.15, -0.1) is 0 Å². The van der Waals surface area contributed by atoms with Crippen molar-refractivity contribution in [1.29, 1.82) is 0 Å². The Morgan fingerprint density at radius 2 is 2.10 bits per heavy atom. The molecule has 114 valence electrons. The van der Waals surface area contributed by atoms with Gasteiger partial charge in [0, 0.05) is 38.2 Å². The fraction of sp³-hybridized carbons (Fsp3) is 0.500. The molecule has 1 aromatic carbocycles. The minimum Gasteiger partial charge on any atom is -0.337 e. The Kier molecular flexibility index (Phi) is 5.42. The molecule has 1 heterocycles. The molecule has 1 amide bonds. The fourth-order valence-corrected chi connectivity index (χ4v) is 3.56. The van der Waals surface area contributed by atoms with E-state index < -0.39 is 0 Å². The Morgan fingerprint density at radius 1 is 1.38 bits per heavy atom. The highest BCUT2D eigenvalue weighted by Crippen LogP contribution is 2.25. The molecule has 1 aliphatic rings. The van der Waals surface area contributed by atoms with E-state index in [0.717, 1.165) is 12.1 Å². The summed E-state index contributed by atoms with van der Waals surface area (Å²) >= 11 is 1.28. The van der Waals surface area contributed by atoms with Gasteiger partial charge in [0.15, 0.2) is 5.12 Å². The molecule has 1 aromatic rings. The number of likely N-dealkylation sites (tertiary alicyclic amines) is 1. The SMILES string of the molecule is CC(=O)SC1CC(=O)N(Cc2cccc(CN(C)C)c2)C1. The molecule has 1 aliphatic heterocycles. The van der Waals surface area contributed by atoms with E-state index in [1.54, 1.807) is 6.92 Å². The van der Waals surface area contributed by atoms with Crippen molar-refractivity contribution in [2.75, 3.05) is 20.6 Å². The van der Waals surface area contributed by atoms with Crippen LogP contribution in [0.1, 0.15) is 24.5 Å². The highest BCUT2D eigenvalue weighted by atomic mass is 32.2. The Bertz CT molecular complexity index is 531. The summed E-state index contributed by atoms with van der Waals surface area (Å²) in [4.78, 5) is 27.2. The predicted octanol–water partition coefficient (Wildman–Crippen LogP) is 2.13. The maximum Gasteiger partial charge on any atom is 0.224 e. The minimum absolute atomic E-state index is 0.0858. The highest BCUT2D eigenvalue weighted by molar-refractivity contribution is 8.14. The number of amides is 1. The quantitative estimate of drug-likeness (QED) is 0.835. The molecule has 0 radical (unpaired) electrons. The van der Waals surface area contributed by atoms with Crippen molar-refractivity contribution in [3.63, 3.8) is 0 Å². The first kappa shape index (κ1) is 16.0. The molecule has 0 bridgehead atoms. The van der Waals surface area contributed by atoms with Gasteiger partial charge in [0.2, 0.25) is 5.91 Å². The second-order valence-electron chi connectivity index (χ2n) is 5.77. The van der Waals surface area contributed by atoms with Crippen LogP contribution in [0.5, 0.6) is 0 Å². The summed E-state index contributed by atoms with van der Waals surface area (Å²) in [5, 5.41) is 0.197. The number of carbonyl (C=O) groups excluding carboxylic acids is 2. The second kappa shape index (κ2) is 7.09. The van der Waals surface area contributed by atoms with Gasteiger partial charge < -0.3 is 9.80 Å². The van der Waals surface area contributed by atoms with Crippen LogP contribution in [0.4, 0.5) is 0 Å². The molecule has 0 aromatic heterocycles. The van der Waals surface area contributed by atoms with Crippen molar-refractivity contribution in [2.24, 2.45) is 0 Å².